The molecule has 154 valence electrons. The van der Waals surface area contributed by atoms with E-state index in [9.17, 15) is 9.59 Å². The van der Waals surface area contributed by atoms with E-state index in [0.717, 1.165) is 23.8 Å². The third-order valence-electron chi connectivity index (χ3n) is 5.49. The molecule has 1 N–H and O–H groups in total. The third kappa shape index (κ3) is 3.73. The number of rotatable bonds is 6. The van der Waals surface area contributed by atoms with Crippen LogP contribution in [-0.2, 0) is 4.74 Å². The third-order valence-corrected chi connectivity index (χ3v) is 5.49. The fourth-order valence-corrected chi connectivity index (χ4v) is 3.72. The number of methoxy groups -OCH3 is 1. The van der Waals surface area contributed by atoms with Gasteiger partial charge >= 0.3 is 5.97 Å². The molecular weight excluding hydrogens is 380 g/mol. The van der Waals surface area contributed by atoms with Gasteiger partial charge in [0.05, 0.1) is 24.9 Å². The first-order valence-electron chi connectivity index (χ1n) is 10.2. The first kappa shape index (κ1) is 19.9. The maximum Gasteiger partial charge on any atom is 0.343 e. The van der Waals surface area contributed by atoms with Crippen molar-refractivity contribution in [1.82, 2.24) is 4.98 Å². The van der Waals surface area contributed by atoms with E-state index in [4.69, 9.17) is 9.47 Å². The van der Waals surface area contributed by atoms with Gasteiger partial charge in [0.1, 0.15) is 5.56 Å². The normalized spacial score (nSPS) is 13.5. The van der Waals surface area contributed by atoms with E-state index in [-0.39, 0.29) is 24.0 Å². The van der Waals surface area contributed by atoms with Crippen LogP contribution in [0.1, 0.15) is 58.4 Å². The number of ether oxygens (including phenoxy) is 2. The average Bonchev–Trinajstić information content (AvgIpc) is 2.73. The van der Waals surface area contributed by atoms with Gasteiger partial charge in [0.2, 0.25) is 5.88 Å². The Morgan fingerprint density at radius 3 is 2.53 bits per heavy atom. The Hall–Kier alpha value is -3.41. The Morgan fingerprint density at radius 2 is 1.90 bits per heavy atom. The van der Waals surface area contributed by atoms with Crippen molar-refractivity contribution in [3.05, 3.63) is 65.2 Å². The molecule has 0 atom stereocenters. The molecule has 30 heavy (non-hydrogen) atoms. The van der Waals surface area contributed by atoms with Crippen molar-refractivity contribution < 1.29 is 19.1 Å². The number of anilines is 1. The van der Waals surface area contributed by atoms with E-state index in [1.165, 1.54) is 13.5 Å². The lowest BCUT2D eigenvalue weighted by molar-refractivity contribution is 0.0522. The highest BCUT2D eigenvalue weighted by Gasteiger charge is 2.26. The Labute approximate surface area is 175 Å². The predicted octanol–water partition coefficient (Wildman–Crippen LogP) is 4.94. The summed E-state index contributed by atoms with van der Waals surface area (Å²) in [5.41, 5.74) is 3.19. The molecule has 2 aromatic carbocycles. The van der Waals surface area contributed by atoms with E-state index in [1.807, 2.05) is 30.3 Å². The maximum atomic E-state index is 12.9. The van der Waals surface area contributed by atoms with Crippen LogP contribution in [-0.4, -0.2) is 30.6 Å². The van der Waals surface area contributed by atoms with E-state index < -0.39 is 5.97 Å². The molecule has 0 aliphatic heterocycles. The molecule has 1 fully saturated rings. The predicted molar refractivity (Wildman–Crippen MR) is 115 cm³/mol. The van der Waals surface area contributed by atoms with Gasteiger partial charge in [0.15, 0.2) is 0 Å². The highest BCUT2D eigenvalue weighted by atomic mass is 16.5. The zero-order valence-corrected chi connectivity index (χ0v) is 17.1. The highest BCUT2D eigenvalue weighted by Crippen LogP contribution is 2.43. The molecule has 0 bridgehead atoms. The van der Waals surface area contributed by atoms with Gasteiger partial charge in [-0.15, -0.1) is 0 Å². The van der Waals surface area contributed by atoms with Crippen molar-refractivity contribution in [2.45, 2.75) is 32.1 Å². The molecule has 1 aliphatic rings. The van der Waals surface area contributed by atoms with Crippen molar-refractivity contribution in [2.75, 3.05) is 19.0 Å². The summed E-state index contributed by atoms with van der Waals surface area (Å²) in [6, 6.07) is 14.8. The van der Waals surface area contributed by atoms with Gasteiger partial charge in [-0.1, -0.05) is 36.8 Å². The van der Waals surface area contributed by atoms with Gasteiger partial charge in [-0.3, -0.25) is 4.79 Å². The van der Waals surface area contributed by atoms with Crippen LogP contribution in [0.2, 0.25) is 0 Å². The van der Waals surface area contributed by atoms with Crippen molar-refractivity contribution in [3.63, 3.8) is 0 Å². The smallest absolute Gasteiger partial charge is 0.343 e. The summed E-state index contributed by atoms with van der Waals surface area (Å²) in [5, 5.41) is 3.81. The zero-order valence-electron chi connectivity index (χ0n) is 17.1. The number of nitrogens with zero attached hydrogens (tertiary/aromatic N) is 1. The van der Waals surface area contributed by atoms with Crippen LogP contribution >= 0.6 is 0 Å². The van der Waals surface area contributed by atoms with Crippen LogP contribution in [0.15, 0.2) is 48.5 Å². The number of hydrogen-bond acceptors (Lipinski definition) is 5. The molecule has 3 aromatic rings. The zero-order chi connectivity index (χ0) is 21.1. The van der Waals surface area contributed by atoms with E-state index >= 15 is 0 Å². The molecule has 6 nitrogen and oxygen atoms in total. The number of nitrogens with one attached hydrogen (secondary N) is 1. The van der Waals surface area contributed by atoms with Crippen LogP contribution in [0.3, 0.4) is 0 Å². The van der Waals surface area contributed by atoms with Gasteiger partial charge < -0.3 is 14.8 Å². The molecule has 1 aromatic heterocycles. The Bertz CT molecular complexity index is 1090. The van der Waals surface area contributed by atoms with Crippen molar-refractivity contribution in [2.24, 2.45) is 0 Å². The number of esters is 1. The number of carbonyl (C=O) groups excluding carboxylic acids is 2. The summed E-state index contributed by atoms with van der Waals surface area (Å²) >= 11 is 0. The van der Waals surface area contributed by atoms with Gasteiger partial charge in [-0.05, 0) is 49.4 Å². The number of pyridine rings is 1. The second-order valence-corrected chi connectivity index (χ2v) is 7.32. The molecular formula is C24H24N2O4. The van der Waals surface area contributed by atoms with Crippen LogP contribution < -0.4 is 10.1 Å². The number of amides is 1. The SMILES string of the molecule is CCOC(=O)c1cc2ccc(C3CCC3)c(NC(=O)c3ccccc3)c2nc1OC. The molecule has 4 rings (SSSR count). The molecule has 0 saturated heterocycles. The van der Waals surface area contributed by atoms with Crippen LogP contribution in [0.25, 0.3) is 10.9 Å². The summed E-state index contributed by atoms with van der Waals surface area (Å²) in [6.07, 6.45) is 3.34. The fourth-order valence-electron chi connectivity index (χ4n) is 3.72. The largest absolute Gasteiger partial charge is 0.480 e. The molecule has 0 radical (unpaired) electrons. The van der Waals surface area contributed by atoms with Crippen molar-refractivity contribution >= 4 is 28.5 Å². The van der Waals surface area contributed by atoms with Gasteiger partial charge in [-0.25, -0.2) is 9.78 Å². The lowest BCUT2D eigenvalue weighted by atomic mass is 9.79. The maximum absolute atomic E-state index is 12.9. The Kier molecular flexibility index (Phi) is 5.65. The second-order valence-electron chi connectivity index (χ2n) is 7.32. The molecule has 6 heteroatoms. The molecule has 0 spiro atoms. The summed E-state index contributed by atoms with van der Waals surface area (Å²) < 4.78 is 10.5. The molecule has 0 unspecified atom stereocenters. The van der Waals surface area contributed by atoms with Crippen molar-refractivity contribution in [1.29, 1.82) is 0 Å². The second kappa shape index (κ2) is 8.53. The van der Waals surface area contributed by atoms with Gasteiger partial charge in [0.25, 0.3) is 5.91 Å². The number of benzene rings is 2. The monoisotopic (exact) mass is 404 g/mol. The summed E-state index contributed by atoms with van der Waals surface area (Å²) in [7, 11) is 1.47. The summed E-state index contributed by atoms with van der Waals surface area (Å²) in [5.74, 6) is -0.111. The fraction of sp³-hybridized carbons (Fsp3) is 0.292. The first-order valence-corrected chi connectivity index (χ1v) is 10.2. The quantitative estimate of drug-likeness (QED) is 0.589. The minimum absolute atomic E-state index is 0.182. The van der Waals surface area contributed by atoms with Crippen LogP contribution in [0.5, 0.6) is 5.88 Å². The standard InChI is InChI=1S/C24H24N2O4/c1-3-30-24(28)19-14-17-12-13-18(15-10-7-11-15)21(20(17)26-23(19)29-2)25-22(27)16-8-5-4-6-9-16/h4-6,8-9,12-15H,3,7,10-11H2,1-2H3,(H,25,27). The Morgan fingerprint density at radius 1 is 1.13 bits per heavy atom. The lowest BCUT2D eigenvalue weighted by Gasteiger charge is -2.28. The minimum atomic E-state index is -0.485. The van der Waals surface area contributed by atoms with E-state index in [1.54, 1.807) is 25.1 Å². The molecule has 1 saturated carbocycles. The van der Waals surface area contributed by atoms with Gasteiger partial charge in [-0.2, -0.15) is 0 Å². The highest BCUT2D eigenvalue weighted by molar-refractivity contribution is 6.10. The van der Waals surface area contributed by atoms with Crippen LogP contribution in [0, 0.1) is 0 Å². The van der Waals surface area contributed by atoms with E-state index in [0.29, 0.717) is 22.7 Å². The van der Waals surface area contributed by atoms with Gasteiger partial charge in [0, 0.05) is 10.9 Å². The van der Waals surface area contributed by atoms with Crippen molar-refractivity contribution in [3.8, 4) is 5.88 Å². The molecule has 1 aliphatic carbocycles. The first-order chi connectivity index (χ1) is 14.6. The molecule has 1 amide bonds. The molecule has 1 heterocycles. The number of carbonyl (C=O) groups is 2. The number of fused-ring (bicyclic) bond motifs is 1. The van der Waals surface area contributed by atoms with E-state index in [2.05, 4.69) is 10.3 Å². The average molecular weight is 404 g/mol. The Balaban J connectivity index is 1.84. The minimum Gasteiger partial charge on any atom is -0.480 e. The summed E-state index contributed by atoms with van der Waals surface area (Å²) in [4.78, 5) is 29.9. The van der Waals surface area contributed by atoms with Crippen LogP contribution in [0.4, 0.5) is 5.69 Å². The lowest BCUT2D eigenvalue weighted by Crippen LogP contribution is -2.18. The number of aromatic nitrogens is 1. The number of hydrogen-bond donors (Lipinski definition) is 1. The topological polar surface area (TPSA) is 77.5 Å². The summed E-state index contributed by atoms with van der Waals surface area (Å²) in [6.45, 7) is 2.01.